The Hall–Kier alpha value is -3.73. The minimum atomic E-state index is -1.13. The highest BCUT2D eigenvalue weighted by molar-refractivity contribution is 6.24. The smallest absolute Gasteiger partial charge is 0.252 e. The second-order valence-corrected chi connectivity index (χ2v) is 7.96. The number of benzene rings is 3. The molecule has 0 aliphatic carbocycles. The summed E-state index contributed by atoms with van der Waals surface area (Å²) < 4.78 is 0. The van der Waals surface area contributed by atoms with Gasteiger partial charge in [-0.1, -0.05) is 78.9 Å². The largest absolute Gasteiger partial charge is 0.350 e. The fraction of sp³-hybridized carbons (Fsp3) is 0.192. The first-order chi connectivity index (χ1) is 15.2. The Morgan fingerprint density at radius 3 is 2.39 bits per heavy atom. The fourth-order valence-corrected chi connectivity index (χ4v) is 4.54. The Morgan fingerprint density at radius 1 is 0.935 bits per heavy atom. The molecule has 2 aliphatic heterocycles. The number of rotatable bonds is 4. The number of aliphatic imine (C=N–C) groups is 1. The van der Waals surface area contributed by atoms with Gasteiger partial charge in [0.15, 0.2) is 5.54 Å². The number of amides is 2. The van der Waals surface area contributed by atoms with Crippen LogP contribution in [0, 0.1) is 0 Å². The molecule has 0 radical (unpaired) electrons. The van der Waals surface area contributed by atoms with Crippen molar-refractivity contribution >= 4 is 23.2 Å². The topological polar surface area (TPSA) is 61.8 Å². The van der Waals surface area contributed by atoms with Gasteiger partial charge in [0.1, 0.15) is 0 Å². The van der Waals surface area contributed by atoms with Gasteiger partial charge < -0.3 is 10.2 Å². The van der Waals surface area contributed by atoms with Gasteiger partial charge in [-0.25, -0.2) is 4.99 Å². The van der Waals surface area contributed by atoms with Crippen molar-refractivity contribution < 1.29 is 9.59 Å². The maximum atomic E-state index is 13.8. The van der Waals surface area contributed by atoms with Crippen molar-refractivity contribution in [2.75, 3.05) is 0 Å². The Balaban J connectivity index is 1.62. The summed E-state index contributed by atoms with van der Waals surface area (Å²) in [5.74, 6) is -0.201. The van der Waals surface area contributed by atoms with Gasteiger partial charge in [-0.2, -0.15) is 0 Å². The molecule has 5 rings (SSSR count). The third-order valence-corrected chi connectivity index (χ3v) is 6.13. The lowest BCUT2D eigenvalue weighted by Crippen LogP contribution is -2.60. The number of fused-ring (bicyclic) bond motifs is 2. The summed E-state index contributed by atoms with van der Waals surface area (Å²) in [5.41, 5.74) is 3.12. The third kappa shape index (κ3) is 3.32. The van der Waals surface area contributed by atoms with Crippen LogP contribution in [-0.2, 0) is 22.7 Å². The summed E-state index contributed by atoms with van der Waals surface area (Å²) in [4.78, 5) is 33.6. The van der Waals surface area contributed by atoms with Gasteiger partial charge >= 0.3 is 0 Å². The molecule has 5 heteroatoms. The summed E-state index contributed by atoms with van der Waals surface area (Å²) >= 11 is 0. The zero-order chi connectivity index (χ0) is 21.3. The van der Waals surface area contributed by atoms with Crippen LogP contribution in [-0.4, -0.2) is 28.0 Å². The Bertz CT molecular complexity index is 1160. The SMILES string of the molecule is O=C1CCC2(C(=O)NCc3ccccc3)C(c3ccccc3)=Nc3ccccc3CN12. The van der Waals surface area contributed by atoms with Crippen molar-refractivity contribution in [2.24, 2.45) is 4.99 Å². The maximum absolute atomic E-state index is 13.8. The van der Waals surface area contributed by atoms with E-state index in [-0.39, 0.29) is 11.8 Å². The molecular weight excluding hydrogens is 386 g/mol. The number of carbonyl (C=O) groups excluding carboxylic acids is 2. The molecule has 1 unspecified atom stereocenters. The lowest BCUT2D eigenvalue weighted by molar-refractivity contribution is -0.138. The van der Waals surface area contributed by atoms with E-state index in [1.165, 1.54) is 0 Å². The van der Waals surface area contributed by atoms with Crippen LogP contribution in [0.3, 0.4) is 0 Å². The highest BCUT2D eigenvalue weighted by Crippen LogP contribution is 2.41. The first-order valence-corrected chi connectivity index (χ1v) is 10.5. The summed E-state index contributed by atoms with van der Waals surface area (Å²) in [6, 6.07) is 27.3. The first-order valence-electron chi connectivity index (χ1n) is 10.5. The van der Waals surface area contributed by atoms with E-state index in [2.05, 4.69) is 5.32 Å². The van der Waals surface area contributed by atoms with E-state index in [0.29, 0.717) is 31.6 Å². The number of nitrogens with zero attached hydrogens (tertiary/aromatic N) is 2. The van der Waals surface area contributed by atoms with Crippen LogP contribution in [0.1, 0.15) is 29.5 Å². The van der Waals surface area contributed by atoms with Crippen LogP contribution >= 0.6 is 0 Å². The van der Waals surface area contributed by atoms with Crippen LogP contribution in [0.2, 0.25) is 0 Å². The number of hydrogen-bond acceptors (Lipinski definition) is 3. The molecule has 3 aromatic carbocycles. The Morgan fingerprint density at radius 2 is 1.61 bits per heavy atom. The van der Waals surface area contributed by atoms with Crippen LogP contribution < -0.4 is 5.32 Å². The van der Waals surface area contributed by atoms with Gasteiger partial charge in [-0.3, -0.25) is 9.59 Å². The summed E-state index contributed by atoms with van der Waals surface area (Å²) in [7, 11) is 0. The van der Waals surface area contributed by atoms with E-state index in [1.807, 2.05) is 84.9 Å². The molecule has 1 saturated heterocycles. The third-order valence-electron chi connectivity index (χ3n) is 6.13. The van der Waals surface area contributed by atoms with Gasteiger partial charge in [0.2, 0.25) is 5.91 Å². The fourth-order valence-electron chi connectivity index (χ4n) is 4.54. The predicted molar refractivity (Wildman–Crippen MR) is 120 cm³/mol. The van der Waals surface area contributed by atoms with Crippen molar-refractivity contribution in [2.45, 2.75) is 31.5 Å². The van der Waals surface area contributed by atoms with Gasteiger partial charge in [0.25, 0.3) is 5.91 Å². The second kappa shape index (κ2) is 7.84. The molecule has 154 valence electrons. The van der Waals surface area contributed by atoms with Crippen LogP contribution in [0.25, 0.3) is 0 Å². The second-order valence-electron chi connectivity index (χ2n) is 7.96. The number of nitrogens with one attached hydrogen (secondary N) is 1. The van der Waals surface area contributed by atoms with Crippen LogP contribution in [0.4, 0.5) is 5.69 Å². The van der Waals surface area contributed by atoms with E-state index >= 15 is 0 Å². The van der Waals surface area contributed by atoms with Crippen molar-refractivity contribution in [1.82, 2.24) is 10.2 Å². The van der Waals surface area contributed by atoms with Crippen molar-refractivity contribution in [3.8, 4) is 0 Å². The standard InChI is InChI=1S/C26H23N3O2/c30-23-15-16-26(25(31)27-17-19-9-3-1-4-10-19)24(20-11-5-2-6-12-20)28-22-14-8-7-13-21(22)18-29(23)26/h1-14H,15-18H2,(H,27,31). The monoisotopic (exact) mass is 409 g/mol. The van der Waals surface area contributed by atoms with E-state index < -0.39 is 5.54 Å². The molecule has 0 spiro atoms. The minimum absolute atomic E-state index is 0.0183. The molecule has 1 N–H and O–H groups in total. The average molecular weight is 409 g/mol. The van der Waals surface area contributed by atoms with E-state index in [4.69, 9.17) is 4.99 Å². The molecule has 0 bridgehead atoms. The molecule has 2 amide bonds. The van der Waals surface area contributed by atoms with E-state index in [9.17, 15) is 9.59 Å². The molecule has 3 aromatic rings. The highest BCUT2D eigenvalue weighted by atomic mass is 16.2. The highest BCUT2D eigenvalue weighted by Gasteiger charge is 2.56. The van der Waals surface area contributed by atoms with Crippen molar-refractivity contribution in [3.63, 3.8) is 0 Å². The summed E-state index contributed by atoms with van der Waals surface area (Å²) in [6.45, 7) is 0.770. The first kappa shape index (κ1) is 19.2. The van der Waals surface area contributed by atoms with Gasteiger partial charge in [0.05, 0.1) is 11.4 Å². The van der Waals surface area contributed by atoms with Crippen molar-refractivity contribution in [3.05, 3.63) is 102 Å². The molecule has 0 saturated carbocycles. The normalized spacial score (nSPS) is 19.8. The number of carbonyl (C=O) groups is 2. The quantitative estimate of drug-likeness (QED) is 0.708. The predicted octanol–water partition coefficient (Wildman–Crippen LogP) is 4.00. The number of para-hydroxylation sites is 1. The molecule has 1 atom stereocenters. The van der Waals surface area contributed by atoms with Gasteiger partial charge in [0, 0.05) is 19.5 Å². The molecule has 2 heterocycles. The Labute approximate surface area is 181 Å². The average Bonchev–Trinajstić information content (AvgIpc) is 3.06. The molecular formula is C26H23N3O2. The van der Waals surface area contributed by atoms with E-state index in [0.717, 1.165) is 22.4 Å². The molecule has 5 nitrogen and oxygen atoms in total. The minimum Gasteiger partial charge on any atom is -0.350 e. The maximum Gasteiger partial charge on any atom is 0.252 e. The lowest BCUT2D eigenvalue weighted by atomic mass is 9.84. The lowest BCUT2D eigenvalue weighted by Gasteiger charge is -2.37. The summed E-state index contributed by atoms with van der Waals surface area (Å²) in [6.07, 6.45) is 0.737. The zero-order valence-corrected chi connectivity index (χ0v) is 17.1. The van der Waals surface area contributed by atoms with Crippen LogP contribution in [0.15, 0.2) is 89.9 Å². The number of hydrogen-bond donors (Lipinski definition) is 1. The zero-order valence-electron chi connectivity index (χ0n) is 17.1. The molecule has 31 heavy (non-hydrogen) atoms. The van der Waals surface area contributed by atoms with Crippen molar-refractivity contribution in [1.29, 1.82) is 0 Å². The molecule has 1 fully saturated rings. The Kier molecular flexibility index (Phi) is 4.86. The summed E-state index contributed by atoms with van der Waals surface area (Å²) in [5, 5.41) is 3.09. The van der Waals surface area contributed by atoms with Gasteiger partial charge in [-0.15, -0.1) is 0 Å². The van der Waals surface area contributed by atoms with Gasteiger partial charge in [-0.05, 0) is 29.2 Å². The van der Waals surface area contributed by atoms with E-state index in [1.54, 1.807) is 4.90 Å². The van der Waals surface area contributed by atoms with Crippen LogP contribution in [0.5, 0.6) is 0 Å². The molecule has 0 aromatic heterocycles. The molecule has 2 aliphatic rings.